The molecule has 85 heavy (non-hydrogen) atoms. The van der Waals surface area contributed by atoms with Gasteiger partial charge in [0, 0.05) is 45.2 Å². The van der Waals surface area contributed by atoms with Gasteiger partial charge in [-0.15, -0.1) is 55.3 Å². The predicted molar refractivity (Wildman–Crippen MR) is 348 cm³/mol. The molecule has 0 spiro atoms. The number of halogens is 3. The summed E-state index contributed by atoms with van der Waals surface area (Å²) in [5, 5.41) is 48.8. The molecule has 0 amide bonds. The molecule has 504 valence electrons. The first-order valence-corrected chi connectivity index (χ1v) is 28.8. The minimum atomic E-state index is -5.08. The third-order valence-electron chi connectivity index (χ3n) is 8.59. The standard InChI is InChI=1S/C10H20O4.C10H16O2.C7H12O.C7H10O.C6H12O2.C5H10.C4H10.C4H8.C3H6O.C2HF3O2.C2H4O2.C2H6O2.CH5P.Mg.2H/c11-5-1-3-9(4-2-6-12)10-13-7-8-14-10;1-3-5-9(6-4-2)10-11-7-8-12-10;2*1-3-5-7(8)6-4-2;1-5(2)6-7-3-4-8-6;1-4-5(2)3;1-4(2)3;1-3-4-2;1-3(2)4;3-2(4,5)1(6)7;1-4-2-3;3-1-2-4;1-2;;;/h9-12H,1-8H2;3-4,9-10H,1-2,5-8H2;3-4,7-8H,1-2,5-6H2;3-4H,1-2,5-6H2;5-6H,3-4H2,1-2H3;4H,1-3H3;4H,1-3H3;3H,1,4H2,2H3;1-2H3;(H,6,7);2H,1H3;3-4H,1-2H2;2H2,1H3;;;/q;;;;;;;;;;;;;+2;2*-1/i;;;;;;;;;;;;1D;;;. The van der Waals surface area contributed by atoms with Gasteiger partial charge in [0.15, 0.2) is 18.9 Å². The molecule has 0 aromatic rings. The van der Waals surface area contributed by atoms with Crippen LogP contribution in [0.25, 0.3) is 0 Å². The Bertz CT molecular complexity index is 1460. The fourth-order valence-electron chi connectivity index (χ4n) is 4.82. The van der Waals surface area contributed by atoms with Crippen molar-refractivity contribution in [1.82, 2.24) is 0 Å². The van der Waals surface area contributed by atoms with E-state index < -0.39 is 12.1 Å². The van der Waals surface area contributed by atoms with Crippen LogP contribution < -0.4 is 0 Å². The molecule has 3 rings (SSSR count). The quantitative estimate of drug-likeness (QED) is 0.0227. The van der Waals surface area contributed by atoms with Crippen LogP contribution in [0.15, 0.2) is 100 Å². The normalized spacial score (nSPS) is 12.6. The molecule has 17 nitrogen and oxygen atoms in total. The van der Waals surface area contributed by atoms with Gasteiger partial charge in [-0.2, -0.15) is 13.2 Å². The molecular formula is C63H122F3MgO17P. The maximum Gasteiger partial charge on any atom is 2.00 e. The fraction of sp³-hybridized carbons (Fsp3) is 0.683. The van der Waals surface area contributed by atoms with Gasteiger partial charge < -0.3 is 71.4 Å². The van der Waals surface area contributed by atoms with E-state index in [4.69, 9.17) is 70.0 Å². The summed E-state index contributed by atoms with van der Waals surface area (Å²) in [5.41, 5.74) is 1.38. The molecule has 3 aliphatic heterocycles. The Kier molecular flexibility index (Phi) is 109. The van der Waals surface area contributed by atoms with E-state index in [1.54, 1.807) is 24.3 Å². The van der Waals surface area contributed by atoms with Crippen LogP contribution in [0.3, 0.4) is 0 Å². The number of aliphatic carboxylic acids is 1. The number of carbonyl (C=O) groups is 4. The van der Waals surface area contributed by atoms with E-state index in [-0.39, 0.29) is 88.9 Å². The minimum absolute atomic E-state index is 0. The zero-order valence-corrected chi connectivity index (χ0v) is 57.0. The smallest absolute Gasteiger partial charge is 1.00 e. The van der Waals surface area contributed by atoms with Crippen molar-refractivity contribution in [3.63, 3.8) is 0 Å². The second-order valence-corrected chi connectivity index (χ2v) is 18.4. The number of aliphatic hydroxyl groups is 5. The summed E-state index contributed by atoms with van der Waals surface area (Å²) >= 11 is 0. The third kappa shape index (κ3) is 112. The van der Waals surface area contributed by atoms with E-state index in [0.717, 1.165) is 77.3 Å². The van der Waals surface area contributed by atoms with Crippen molar-refractivity contribution < 1.29 is 100 Å². The molecule has 1 atom stereocenters. The zero-order valence-electron chi connectivity index (χ0n) is 57.4. The van der Waals surface area contributed by atoms with Gasteiger partial charge in [0.1, 0.15) is 11.6 Å². The summed E-state index contributed by atoms with van der Waals surface area (Å²) in [6.07, 6.45) is 17.5. The number of ketones is 2. The number of carboxylic acid groups (broad SMARTS) is 1. The first-order valence-electron chi connectivity index (χ1n) is 28.6. The molecule has 0 radical (unpaired) electrons. The largest absolute Gasteiger partial charge is 2.00 e. The van der Waals surface area contributed by atoms with Crippen molar-refractivity contribution in [3.05, 3.63) is 100 Å². The maximum atomic E-state index is 10.6. The Labute approximate surface area is 536 Å². The molecule has 3 aliphatic rings. The van der Waals surface area contributed by atoms with Gasteiger partial charge in [-0.05, 0) is 98.3 Å². The van der Waals surface area contributed by atoms with E-state index in [9.17, 15) is 22.8 Å². The molecule has 3 heterocycles. The van der Waals surface area contributed by atoms with Crippen molar-refractivity contribution in [2.45, 2.75) is 178 Å². The number of hydrogen-bond donors (Lipinski definition) is 6. The number of allylic oxidation sites excluding steroid dienone is 7. The van der Waals surface area contributed by atoms with Crippen molar-refractivity contribution in [2.24, 2.45) is 23.7 Å². The van der Waals surface area contributed by atoms with Crippen LogP contribution in [0.5, 0.6) is 0 Å². The Balaban J connectivity index is -0.0000000645. The average Bonchev–Trinajstić information content (AvgIpc) is 4.30. The first kappa shape index (κ1) is 104. The summed E-state index contributed by atoms with van der Waals surface area (Å²) in [5.74, 6) is -0.376. The topological polar surface area (TPSA) is 254 Å². The number of hydrogen-bond acceptors (Lipinski definition) is 16. The van der Waals surface area contributed by atoms with Gasteiger partial charge >= 0.3 is 35.2 Å². The van der Waals surface area contributed by atoms with Gasteiger partial charge in [-0.3, -0.25) is 9.59 Å². The number of methoxy groups -OCH3 is 1. The summed E-state index contributed by atoms with van der Waals surface area (Å²) in [6, 6.07) is 0. The van der Waals surface area contributed by atoms with E-state index in [2.05, 4.69) is 121 Å². The van der Waals surface area contributed by atoms with Crippen LogP contribution in [0.4, 0.5) is 13.2 Å². The molecule has 0 aliphatic carbocycles. The van der Waals surface area contributed by atoms with E-state index >= 15 is 0 Å². The number of carboxylic acids is 1. The van der Waals surface area contributed by atoms with Gasteiger partial charge in [-0.1, -0.05) is 102 Å². The predicted octanol–water partition coefficient (Wildman–Crippen LogP) is 12.4. The SMILES string of the molecule is C=CCC.C=CCC(=O)CC=C.C=CCC(CC=C)C1OCCO1.C=CCC(O)CC=C.CC(C)=O.CC(C)C.CC(C)C1OCCO1.CC=C(C)C.COC=O.O=C(O)C(F)(F)F.OCCCC(CCCO)C1OCCO1.OCCO.[2H]CP.[H-].[H-].[Mg+2]. The summed E-state index contributed by atoms with van der Waals surface area (Å²) < 4.78 is 73.8. The summed E-state index contributed by atoms with van der Waals surface area (Å²) in [6.45, 7) is 52.0. The Morgan fingerprint density at radius 3 is 1.07 bits per heavy atom. The number of carbonyl (C=O) groups excluding carboxylic acids is 3. The molecule has 0 aromatic carbocycles. The molecular weight excluding hydrogens is 1140 g/mol. The van der Waals surface area contributed by atoms with Crippen molar-refractivity contribution in [2.75, 3.05) is 79.8 Å². The van der Waals surface area contributed by atoms with Crippen LogP contribution in [-0.4, -0.2) is 189 Å². The fourth-order valence-corrected chi connectivity index (χ4v) is 4.82. The number of alkyl halides is 3. The van der Waals surface area contributed by atoms with Crippen LogP contribution in [0.2, 0.25) is 0 Å². The number of rotatable bonds is 24. The summed E-state index contributed by atoms with van der Waals surface area (Å²) in [4.78, 5) is 37.8. The second-order valence-electron chi connectivity index (χ2n) is 18.4. The maximum absolute atomic E-state index is 10.6. The molecule has 0 saturated carbocycles. The van der Waals surface area contributed by atoms with Crippen molar-refractivity contribution in [1.29, 1.82) is 0 Å². The number of aliphatic hydroxyl groups excluding tert-OH is 5. The molecule has 0 bridgehead atoms. The second kappa shape index (κ2) is 89.5. The van der Waals surface area contributed by atoms with E-state index in [1.807, 2.05) is 25.2 Å². The molecule has 3 fully saturated rings. The molecule has 6 N–H and O–H groups in total. The van der Waals surface area contributed by atoms with Crippen LogP contribution in [0, 0.1) is 23.7 Å². The first-order chi connectivity index (χ1) is 40.0. The molecule has 1 unspecified atom stereocenters. The van der Waals surface area contributed by atoms with Gasteiger partial charge in [-0.25, -0.2) is 4.79 Å². The Morgan fingerprint density at radius 1 is 0.647 bits per heavy atom. The van der Waals surface area contributed by atoms with Gasteiger partial charge in [0.05, 0.1) is 66.1 Å². The summed E-state index contributed by atoms with van der Waals surface area (Å²) in [7, 11) is 3.56. The molecule has 0 aromatic heterocycles. The van der Waals surface area contributed by atoms with E-state index in [1.165, 1.54) is 26.5 Å². The van der Waals surface area contributed by atoms with Gasteiger partial charge in [0.2, 0.25) is 0 Å². The van der Waals surface area contributed by atoms with Crippen molar-refractivity contribution in [3.8, 4) is 0 Å². The molecule has 22 heteroatoms. The Hall–Kier alpha value is -3.25. The average molecular weight is 1260 g/mol. The van der Waals surface area contributed by atoms with Crippen molar-refractivity contribution >= 4 is 56.3 Å². The van der Waals surface area contributed by atoms with Gasteiger partial charge in [0.25, 0.3) is 6.47 Å². The zero-order chi connectivity index (χ0) is 68.3. The van der Waals surface area contributed by atoms with Crippen LogP contribution in [-0.2, 0) is 52.3 Å². The van der Waals surface area contributed by atoms with E-state index in [0.29, 0.717) is 69.8 Å². The Morgan fingerprint density at radius 2 is 0.906 bits per heavy atom. The minimum Gasteiger partial charge on any atom is -1.00 e. The monoisotopic (exact) mass is 1260 g/mol. The third-order valence-corrected chi connectivity index (χ3v) is 8.59. The number of Topliss-reactive ketones (excluding diaryl/α,β-unsaturated/α-hetero) is 2. The molecule has 3 saturated heterocycles. The number of ether oxygens (including phenoxy) is 7. The van der Waals surface area contributed by atoms with Crippen LogP contribution >= 0.6 is 9.24 Å². The van der Waals surface area contributed by atoms with Crippen LogP contribution in [0.1, 0.15) is 151 Å².